The topological polar surface area (TPSA) is 78.9 Å². The molecule has 0 N–H and O–H groups in total. The van der Waals surface area contributed by atoms with E-state index in [4.69, 9.17) is 14.2 Å². The van der Waals surface area contributed by atoms with E-state index in [-0.39, 0.29) is 37.5 Å². The minimum Gasteiger partial charge on any atom is -0.462 e. The Morgan fingerprint density at radius 1 is 0.300 bits per heavy atom. The fraction of sp³-hybridized carbons (Fsp3) is 0.672. The van der Waals surface area contributed by atoms with E-state index in [2.05, 4.69) is 130 Å². The molecule has 6 heteroatoms. The molecular weight excluding hydrogens is 865 g/mol. The lowest BCUT2D eigenvalue weighted by atomic mass is 10.0. The van der Waals surface area contributed by atoms with E-state index in [1.807, 2.05) is 0 Å². The third-order valence-electron chi connectivity index (χ3n) is 12.0. The van der Waals surface area contributed by atoms with Gasteiger partial charge >= 0.3 is 17.9 Å². The summed E-state index contributed by atoms with van der Waals surface area (Å²) in [4.78, 5) is 38.1. The zero-order valence-corrected chi connectivity index (χ0v) is 45.5. The van der Waals surface area contributed by atoms with Crippen LogP contribution in [0, 0.1) is 0 Å². The summed E-state index contributed by atoms with van der Waals surface area (Å²) in [6.07, 6.45) is 78.1. The van der Waals surface area contributed by atoms with Crippen molar-refractivity contribution in [2.24, 2.45) is 0 Å². The highest BCUT2D eigenvalue weighted by Gasteiger charge is 2.19. The Kier molecular flexibility index (Phi) is 54.4. The molecule has 398 valence electrons. The summed E-state index contributed by atoms with van der Waals surface area (Å²) in [6.45, 7) is 6.36. The molecule has 0 fully saturated rings. The van der Waals surface area contributed by atoms with Crippen molar-refractivity contribution in [1.29, 1.82) is 0 Å². The summed E-state index contributed by atoms with van der Waals surface area (Å²) >= 11 is 0. The van der Waals surface area contributed by atoms with Crippen LogP contribution < -0.4 is 0 Å². The van der Waals surface area contributed by atoms with Gasteiger partial charge in [-0.15, -0.1) is 0 Å². The Hall–Kier alpha value is -3.93. The average molecular weight is 972 g/mol. The van der Waals surface area contributed by atoms with Crippen LogP contribution in [0.1, 0.15) is 258 Å². The van der Waals surface area contributed by atoms with E-state index in [1.54, 1.807) is 0 Å². The van der Waals surface area contributed by atoms with E-state index < -0.39 is 6.10 Å². The zero-order chi connectivity index (χ0) is 50.7. The Morgan fingerprint density at radius 2 is 0.571 bits per heavy atom. The van der Waals surface area contributed by atoms with Crippen LogP contribution in [-0.2, 0) is 28.6 Å². The predicted octanol–water partition coefficient (Wildman–Crippen LogP) is 19.5. The zero-order valence-electron chi connectivity index (χ0n) is 45.5. The van der Waals surface area contributed by atoms with Crippen molar-refractivity contribution >= 4 is 17.9 Å². The summed E-state index contributed by atoms with van der Waals surface area (Å²) in [6, 6.07) is 0. The Balaban J connectivity index is 4.33. The molecule has 0 aromatic carbocycles. The van der Waals surface area contributed by atoms with Crippen LogP contribution in [0.2, 0.25) is 0 Å². The first kappa shape index (κ1) is 66.1. The minimum absolute atomic E-state index is 0.100. The minimum atomic E-state index is -0.808. The van der Waals surface area contributed by atoms with Crippen molar-refractivity contribution in [3.63, 3.8) is 0 Å². The van der Waals surface area contributed by atoms with Crippen LogP contribution in [0.3, 0.4) is 0 Å². The second kappa shape index (κ2) is 57.6. The lowest BCUT2D eigenvalue weighted by Gasteiger charge is -2.18. The molecule has 1 unspecified atom stereocenters. The molecule has 1 atom stereocenters. The molecule has 0 rings (SSSR count). The monoisotopic (exact) mass is 971 g/mol. The van der Waals surface area contributed by atoms with Crippen LogP contribution in [0.25, 0.3) is 0 Å². The molecule has 0 heterocycles. The Labute approximate surface area is 431 Å². The highest BCUT2D eigenvalue weighted by Crippen LogP contribution is 2.15. The van der Waals surface area contributed by atoms with Crippen LogP contribution in [0.15, 0.2) is 109 Å². The van der Waals surface area contributed by atoms with E-state index in [1.165, 1.54) is 109 Å². The third-order valence-corrected chi connectivity index (χ3v) is 12.0. The van der Waals surface area contributed by atoms with Gasteiger partial charge in [-0.05, 0) is 96.3 Å². The van der Waals surface area contributed by atoms with E-state index in [0.29, 0.717) is 19.3 Å². The molecule has 0 bridgehead atoms. The highest BCUT2D eigenvalue weighted by molar-refractivity contribution is 5.71. The maximum Gasteiger partial charge on any atom is 0.306 e. The molecule has 0 aliphatic heterocycles. The van der Waals surface area contributed by atoms with Crippen molar-refractivity contribution in [3.8, 4) is 0 Å². The first-order chi connectivity index (χ1) is 34.5. The van der Waals surface area contributed by atoms with Crippen LogP contribution in [-0.4, -0.2) is 37.2 Å². The fourth-order valence-corrected chi connectivity index (χ4v) is 7.76. The van der Waals surface area contributed by atoms with Gasteiger partial charge in [0, 0.05) is 19.3 Å². The molecule has 0 spiro atoms. The van der Waals surface area contributed by atoms with E-state index in [9.17, 15) is 14.4 Å². The molecule has 6 nitrogen and oxygen atoms in total. The number of allylic oxidation sites excluding steroid dienone is 18. The lowest BCUT2D eigenvalue weighted by Crippen LogP contribution is -2.30. The van der Waals surface area contributed by atoms with Gasteiger partial charge in [-0.2, -0.15) is 0 Å². The molecule has 70 heavy (non-hydrogen) atoms. The van der Waals surface area contributed by atoms with Crippen molar-refractivity contribution < 1.29 is 28.6 Å². The van der Waals surface area contributed by atoms with E-state index >= 15 is 0 Å². The largest absolute Gasteiger partial charge is 0.462 e. The summed E-state index contributed by atoms with van der Waals surface area (Å²) in [5, 5.41) is 0. The molecule has 0 aliphatic rings. The standard InChI is InChI=1S/C64H106O6/c1-4-7-10-13-16-19-22-24-26-28-29-30-31-32-33-34-35-37-38-40-42-45-48-51-54-57-63(66)69-60-61(59-68-62(65)56-53-50-47-44-21-18-15-12-9-6-3)70-64(67)58-55-52-49-46-43-41-39-36-27-25-23-20-17-14-11-8-5-2/h7-8,10-11,16-17,19-20,24-27,29-30,39,41,46,49,61H,4-6,9,12-15,18,21-23,28,31-38,40,42-45,47-48,50-60H2,1-3H3/b10-7-,11-8-,19-16-,20-17-,26-24-,27-25-,30-29-,41-39-,49-46-. The summed E-state index contributed by atoms with van der Waals surface area (Å²) < 4.78 is 16.8. The summed E-state index contributed by atoms with van der Waals surface area (Å²) in [7, 11) is 0. The van der Waals surface area contributed by atoms with Gasteiger partial charge < -0.3 is 14.2 Å². The molecule has 0 saturated carbocycles. The molecule has 0 aromatic rings. The number of ether oxygens (including phenoxy) is 3. The number of hydrogen-bond acceptors (Lipinski definition) is 6. The maximum atomic E-state index is 12.8. The highest BCUT2D eigenvalue weighted by atomic mass is 16.6. The molecular formula is C64H106O6. The van der Waals surface area contributed by atoms with E-state index in [0.717, 1.165) is 103 Å². The van der Waals surface area contributed by atoms with Gasteiger partial charge in [-0.1, -0.05) is 252 Å². The molecule has 0 amide bonds. The quantitative estimate of drug-likeness (QED) is 0.0262. The number of carbonyl (C=O) groups is 3. The number of unbranched alkanes of at least 4 members (excludes halogenated alkanes) is 22. The van der Waals surface area contributed by atoms with Crippen LogP contribution in [0.4, 0.5) is 0 Å². The lowest BCUT2D eigenvalue weighted by molar-refractivity contribution is -0.167. The normalized spacial score (nSPS) is 12.9. The van der Waals surface area contributed by atoms with Gasteiger partial charge in [0.05, 0.1) is 0 Å². The van der Waals surface area contributed by atoms with Gasteiger partial charge in [0.25, 0.3) is 0 Å². The second-order valence-corrected chi connectivity index (χ2v) is 18.8. The van der Waals surface area contributed by atoms with Gasteiger partial charge in [-0.3, -0.25) is 14.4 Å². The predicted molar refractivity (Wildman–Crippen MR) is 302 cm³/mol. The Morgan fingerprint density at radius 3 is 0.914 bits per heavy atom. The number of carbonyl (C=O) groups excluding carboxylic acids is 3. The summed E-state index contributed by atoms with van der Waals surface area (Å²) in [5.41, 5.74) is 0. The van der Waals surface area contributed by atoms with Gasteiger partial charge in [0.2, 0.25) is 0 Å². The summed E-state index contributed by atoms with van der Waals surface area (Å²) in [5.74, 6) is -0.961. The van der Waals surface area contributed by atoms with Gasteiger partial charge in [0.15, 0.2) is 6.10 Å². The smallest absolute Gasteiger partial charge is 0.306 e. The van der Waals surface area contributed by atoms with Gasteiger partial charge in [-0.25, -0.2) is 0 Å². The van der Waals surface area contributed by atoms with Crippen molar-refractivity contribution in [2.75, 3.05) is 13.2 Å². The SMILES string of the molecule is CC/C=C\C/C=C\C/C=C\C/C=C\C/C=C\CCCC(=O)OC(COC(=O)CCCCCCCCCCCC)COC(=O)CCCCCCCCCCCCCC/C=C\C/C=C\C/C=C\C/C=C\CC. The van der Waals surface area contributed by atoms with Gasteiger partial charge in [0.1, 0.15) is 13.2 Å². The Bertz CT molecular complexity index is 1440. The van der Waals surface area contributed by atoms with Crippen LogP contribution in [0.5, 0.6) is 0 Å². The number of hydrogen-bond donors (Lipinski definition) is 0. The molecule has 0 aliphatic carbocycles. The third kappa shape index (κ3) is 55.0. The molecule has 0 saturated heterocycles. The first-order valence-corrected chi connectivity index (χ1v) is 28.9. The fourth-order valence-electron chi connectivity index (χ4n) is 7.76. The van der Waals surface area contributed by atoms with Crippen molar-refractivity contribution in [2.45, 2.75) is 264 Å². The van der Waals surface area contributed by atoms with Crippen molar-refractivity contribution in [3.05, 3.63) is 109 Å². The van der Waals surface area contributed by atoms with Crippen molar-refractivity contribution in [1.82, 2.24) is 0 Å². The maximum absolute atomic E-state index is 12.8. The number of rotatable bonds is 51. The molecule has 0 aromatic heterocycles. The molecule has 0 radical (unpaired) electrons. The van der Waals surface area contributed by atoms with Crippen LogP contribution >= 0.6 is 0 Å². The second-order valence-electron chi connectivity index (χ2n) is 18.8. The number of esters is 3. The average Bonchev–Trinajstić information content (AvgIpc) is 3.36. The first-order valence-electron chi connectivity index (χ1n) is 28.9.